The second-order valence-electron chi connectivity index (χ2n) is 5.86. The maximum atomic E-state index is 4.24. The molecule has 2 aliphatic heterocycles. The fraction of sp³-hybridized carbons (Fsp3) is 0.533. The van der Waals surface area contributed by atoms with Gasteiger partial charge in [0.05, 0.1) is 5.69 Å². The molecule has 21 heavy (non-hydrogen) atoms. The molecule has 1 aromatic carbocycles. The molecule has 1 aromatic heterocycles. The lowest BCUT2D eigenvalue weighted by molar-refractivity contribution is 0.260. The van der Waals surface area contributed by atoms with Crippen LogP contribution in [0.2, 0.25) is 0 Å². The quantitative estimate of drug-likeness (QED) is 0.851. The first kappa shape index (κ1) is 12.8. The van der Waals surface area contributed by atoms with Crippen molar-refractivity contribution in [3.8, 4) is 5.69 Å². The average molecular weight is 284 g/mol. The van der Waals surface area contributed by atoms with Crippen LogP contribution < -0.4 is 4.90 Å². The Kier molecular flexibility index (Phi) is 3.31. The molecule has 2 fully saturated rings. The molecule has 0 spiro atoms. The molecule has 6 nitrogen and oxygen atoms in total. The number of rotatable bonds is 3. The summed E-state index contributed by atoms with van der Waals surface area (Å²) in [5.74, 6) is 0.864. The molecule has 1 atom stereocenters. The van der Waals surface area contributed by atoms with Crippen molar-refractivity contribution >= 4 is 5.95 Å². The Bertz CT molecular complexity index is 589. The van der Waals surface area contributed by atoms with E-state index >= 15 is 0 Å². The van der Waals surface area contributed by atoms with Gasteiger partial charge in [0.1, 0.15) is 0 Å². The van der Waals surface area contributed by atoms with E-state index in [-0.39, 0.29) is 0 Å². The third kappa shape index (κ3) is 2.40. The molecule has 2 aliphatic rings. The minimum Gasteiger partial charge on any atom is -0.338 e. The van der Waals surface area contributed by atoms with Crippen molar-refractivity contribution in [1.82, 2.24) is 25.1 Å². The normalized spacial score (nSPS) is 23.0. The van der Waals surface area contributed by atoms with Crippen molar-refractivity contribution in [2.45, 2.75) is 25.3 Å². The molecule has 1 unspecified atom stereocenters. The highest BCUT2D eigenvalue weighted by Gasteiger charge is 2.31. The van der Waals surface area contributed by atoms with E-state index in [1.807, 2.05) is 35.0 Å². The number of likely N-dealkylation sites (tertiary alicyclic amines) is 1. The van der Waals surface area contributed by atoms with Crippen LogP contribution in [0.4, 0.5) is 5.95 Å². The van der Waals surface area contributed by atoms with Crippen molar-refractivity contribution in [3.63, 3.8) is 0 Å². The second kappa shape index (κ2) is 5.44. The van der Waals surface area contributed by atoms with E-state index in [4.69, 9.17) is 0 Å². The van der Waals surface area contributed by atoms with E-state index in [0.717, 1.165) is 24.7 Å². The summed E-state index contributed by atoms with van der Waals surface area (Å²) >= 11 is 0. The fourth-order valence-electron chi connectivity index (χ4n) is 3.44. The third-order valence-electron chi connectivity index (χ3n) is 4.56. The Labute approximate surface area is 124 Å². The zero-order valence-corrected chi connectivity index (χ0v) is 12.1. The van der Waals surface area contributed by atoms with Gasteiger partial charge in [-0.3, -0.25) is 4.90 Å². The summed E-state index contributed by atoms with van der Waals surface area (Å²) in [5, 5.41) is 12.3. The topological polar surface area (TPSA) is 50.1 Å². The maximum absolute atomic E-state index is 4.24. The molecule has 2 aromatic rings. The zero-order valence-electron chi connectivity index (χ0n) is 12.1. The van der Waals surface area contributed by atoms with E-state index < -0.39 is 0 Å². The van der Waals surface area contributed by atoms with Crippen LogP contribution in [0.3, 0.4) is 0 Å². The fourth-order valence-corrected chi connectivity index (χ4v) is 3.44. The van der Waals surface area contributed by atoms with Crippen LogP contribution in [0.25, 0.3) is 5.69 Å². The Morgan fingerprint density at radius 2 is 1.81 bits per heavy atom. The van der Waals surface area contributed by atoms with Crippen molar-refractivity contribution in [3.05, 3.63) is 30.3 Å². The molecule has 6 heteroatoms. The van der Waals surface area contributed by atoms with Crippen LogP contribution in [0, 0.1) is 0 Å². The number of para-hydroxylation sites is 1. The Morgan fingerprint density at radius 3 is 2.62 bits per heavy atom. The molecule has 0 bridgehead atoms. The zero-order chi connectivity index (χ0) is 14.1. The largest absolute Gasteiger partial charge is 0.338 e. The highest BCUT2D eigenvalue weighted by Crippen LogP contribution is 2.24. The number of tetrazole rings is 1. The van der Waals surface area contributed by atoms with Gasteiger partial charge in [-0.05, 0) is 54.9 Å². The summed E-state index contributed by atoms with van der Waals surface area (Å²) in [7, 11) is 0. The summed E-state index contributed by atoms with van der Waals surface area (Å²) in [6.45, 7) is 4.58. The first-order valence-corrected chi connectivity index (χ1v) is 7.74. The molecular weight excluding hydrogens is 264 g/mol. The minimum absolute atomic E-state index is 0.661. The van der Waals surface area contributed by atoms with Gasteiger partial charge in [-0.15, -0.1) is 0 Å². The predicted molar refractivity (Wildman–Crippen MR) is 80.6 cm³/mol. The smallest absolute Gasteiger partial charge is 0.250 e. The Morgan fingerprint density at radius 1 is 1.00 bits per heavy atom. The van der Waals surface area contributed by atoms with Gasteiger partial charge in [-0.25, -0.2) is 0 Å². The van der Waals surface area contributed by atoms with E-state index in [0.29, 0.717) is 6.04 Å². The van der Waals surface area contributed by atoms with Crippen LogP contribution in [-0.2, 0) is 0 Å². The SMILES string of the molecule is c1ccc(-n2nnnc2N2CCC(N3CCCC3)C2)cc1. The molecule has 2 saturated heterocycles. The van der Waals surface area contributed by atoms with Gasteiger partial charge in [0.15, 0.2) is 0 Å². The van der Waals surface area contributed by atoms with Crippen LogP contribution in [0.1, 0.15) is 19.3 Å². The van der Waals surface area contributed by atoms with Gasteiger partial charge in [-0.1, -0.05) is 23.3 Å². The van der Waals surface area contributed by atoms with Crippen LogP contribution >= 0.6 is 0 Å². The molecule has 0 radical (unpaired) electrons. The van der Waals surface area contributed by atoms with Gasteiger partial charge in [0.25, 0.3) is 0 Å². The molecule has 0 amide bonds. The van der Waals surface area contributed by atoms with Crippen LogP contribution in [-0.4, -0.2) is 57.3 Å². The van der Waals surface area contributed by atoms with Gasteiger partial charge in [0, 0.05) is 19.1 Å². The van der Waals surface area contributed by atoms with Gasteiger partial charge < -0.3 is 4.90 Å². The van der Waals surface area contributed by atoms with E-state index in [1.54, 1.807) is 0 Å². The minimum atomic E-state index is 0.661. The van der Waals surface area contributed by atoms with E-state index in [1.165, 1.54) is 32.4 Å². The highest BCUT2D eigenvalue weighted by molar-refractivity contribution is 5.41. The molecule has 0 saturated carbocycles. The van der Waals surface area contributed by atoms with Crippen molar-refractivity contribution in [1.29, 1.82) is 0 Å². The number of nitrogens with zero attached hydrogens (tertiary/aromatic N) is 6. The van der Waals surface area contributed by atoms with Crippen LogP contribution in [0.5, 0.6) is 0 Å². The second-order valence-corrected chi connectivity index (χ2v) is 5.86. The molecule has 110 valence electrons. The first-order valence-electron chi connectivity index (χ1n) is 7.74. The van der Waals surface area contributed by atoms with E-state index in [9.17, 15) is 0 Å². The maximum Gasteiger partial charge on any atom is 0.250 e. The highest BCUT2D eigenvalue weighted by atomic mass is 15.6. The average Bonchev–Trinajstić information content (AvgIpc) is 3.27. The molecule has 0 aliphatic carbocycles. The van der Waals surface area contributed by atoms with E-state index in [2.05, 4.69) is 25.3 Å². The molecule has 4 rings (SSSR count). The lowest BCUT2D eigenvalue weighted by Gasteiger charge is -2.23. The van der Waals surface area contributed by atoms with Crippen LogP contribution in [0.15, 0.2) is 30.3 Å². The predicted octanol–water partition coefficient (Wildman–Crippen LogP) is 1.34. The summed E-state index contributed by atoms with van der Waals surface area (Å²) < 4.78 is 1.84. The third-order valence-corrected chi connectivity index (χ3v) is 4.56. The number of benzene rings is 1. The lowest BCUT2D eigenvalue weighted by atomic mass is 10.2. The van der Waals surface area contributed by atoms with Gasteiger partial charge in [-0.2, -0.15) is 4.68 Å². The van der Waals surface area contributed by atoms with Gasteiger partial charge in [0.2, 0.25) is 5.95 Å². The Hall–Kier alpha value is -1.95. The number of anilines is 1. The van der Waals surface area contributed by atoms with Gasteiger partial charge >= 0.3 is 0 Å². The number of hydrogen-bond donors (Lipinski definition) is 0. The summed E-state index contributed by atoms with van der Waals surface area (Å²) in [4.78, 5) is 4.94. The molecule has 0 N–H and O–H groups in total. The monoisotopic (exact) mass is 284 g/mol. The summed E-state index contributed by atoms with van der Waals surface area (Å²) in [6.07, 6.45) is 3.90. The Balaban J connectivity index is 1.54. The number of aromatic nitrogens is 4. The van der Waals surface area contributed by atoms with Crippen molar-refractivity contribution in [2.24, 2.45) is 0 Å². The molecular formula is C15H20N6. The lowest BCUT2D eigenvalue weighted by Crippen LogP contribution is -2.35. The standard InChI is InChI=1S/C15H20N6/c1-2-6-13(7-3-1)21-15(16-17-18-21)20-11-8-14(12-20)19-9-4-5-10-19/h1-3,6-7,14H,4-5,8-12H2. The van der Waals surface area contributed by atoms with Crippen molar-refractivity contribution in [2.75, 3.05) is 31.1 Å². The van der Waals surface area contributed by atoms with Crippen molar-refractivity contribution < 1.29 is 0 Å². The first-order chi connectivity index (χ1) is 10.4. The number of hydrogen-bond acceptors (Lipinski definition) is 5. The summed E-state index contributed by atoms with van der Waals surface area (Å²) in [5.41, 5.74) is 1.02. The molecule has 3 heterocycles. The summed E-state index contributed by atoms with van der Waals surface area (Å²) in [6, 6.07) is 10.8.